The molecule has 35 heavy (non-hydrogen) atoms. The minimum Gasteiger partial charge on any atom is -0.354 e. The first-order chi connectivity index (χ1) is 17.1. The number of benzene rings is 2. The predicted octanol–water partition coefficient (Wildman–Crippen LogP) is 5.33. The SMILES string of the molecule is CC[C@@H](C)c1nc(N2CCCN(C(=O)c3ccccc3Cl)CC2)c2cnn(-c3ccccc3)c2n1. The van der Waals surface area contributed by atoms with Crippen molar-refractivity contribution >= 4 is 34.4 Å². The summed E-state index contributed by atoms with van der Waals surface area (Å²) < 4.78 is 1.89. The number of anilines is 1. The molecule has 1 amide bonds. The van der Waals surface area contributed by atoms with E-state index in [1.165, 1.54) is 0 Å². The zero-order valence-corrected chi connectivity index (χ0v) is 20.8. The molecule has 180 valence electrons. The second-order valence-corrected chi connectivity index (χ2v) is 9.36. The molecular formula is C27H29ClN6O. The van der Waals surface area contributed by atoms with Gasteiger partial charge in [-0.15, -0.1) is 0 Å². The van der Waals surface area contributed by atoms with E-state index in [-0.39, 0.29) is 11.8 Å². The summed E-state index contributed by atoms with van der Waals surface area (Å²) in [7, 11) is 0. The van der Waals surface area contributed by atoms with Gasteiger partial charge in [0.2, 0.25) is 0 Å². The van der Waals surface area contributed by atoms with Crippen LogP contribution in [0.1, 0.15) is 48.8 Å². The highest BCUT2D eigenvalue weighted by Gasteiger charge is 2.25. The smallest absolute Gasteiger partial charge is 0.255 e. The third-order valence-corrected chi connectivity index (χ3v) is 7.00. The Kier molecular flexibility index (Phi) is 6.68. The van der Waals surface area contributed by atoms with Crippen LogP contribution in [-0.2, 0) is 0 Å². The van der Waals surface area contributed by atoms with Gasteiger partial charge < -0.3 is 9.80 Å². The fourth-order valence-electron chi connectivity index (χ4n) is 4.45. The first kappa shape index (κ1) is 23.3. The van der Waals surface area contributed by atoms with Gasteiger partial charge in [-0.05, 0) is 37.1 Å². The summed E-state index contributed by atoms with van der Waals surface area (Å²) in [5.74, 6) is 1.91. The standard InChI is InChI=1S/C27H29ClN6O/c1-3-19(2)24-30-25(22-18-29-34(26(22)31-24)20-10-5-4-6-11-20)32-14-9-15-33(17-16-32)27(35)21-12-7-8-13-23(21)28/h4-8,10-13,18-19H,3,9,14-17H2,1-2H3/t19-/m1/s1. The highest BCUT2D eigenvalue weighted by atomic mass is 35.5. The Bertz CT molecular complexity index is 1340. The minimum absolute atomic E-state index is 0.0255. The van der Waals surface area contributed by atoms with Crippen LogP contribution in [0.25, 0.3) is 16.7 Å². The largest absolute Gasteiger partial charge is 0.354 e. The third-order valence-electron chi connectivity index (χ3n) is 6.67. The molecule has 1 saturated heterocycles. The van der Waals surface area contributed by atoms with Crippen molar-refractivity contribution < 1.29 is 4.79 Å². The highest BCUT2D eigenvalue weighted by molar-refractivity contribution is 6.33. The quantitative estimate of drug-likeness (QED) is 0.379. The molecule has 2 aromatic carbocycles. The van der Waals surface area contributed by atoms with Crippen LogP contribution in [-0.4, -0.2) is 56.7 Å². The van der Waals surface area contributed by atoms with Crippen molar-refractivity contribution in [3.05, 3.63) is 77.2 Å². The molecule has 0 radical (unpaired) electrons. The van der Waals surface area contributed by atoms with Gasteiger partial charge in [0.25, 0.3) is 5.91 Å². The Morgan fingerprint density at radius 2 is 1.77 bits per heavy atom. The number of aromatic nitrogens is 4. The van der Waals surface area contributed by atoms with Crippen LogP contribution in [0.2, 0.25) is 5.02 Å². The van der Waals surface area contributed by atoms with E-state index in [4.69, 9.17) is 21.6 Å². The summed E-state index contributed by atoms with van der Waals surface area (Å²) in [5.41, 5.74) is 2.33. The van der Waals surface area contributed by atoms with Crippen LogP contribution in [0.4, 0.5) is 5.82 Å². The van der Waals surface area contributed by atoms with Gasteiger partial charge in [0.15, 0.2) is 5.65 Å². The topological polar surface area (TPSA) is 67.2 Å². The summed E-state index contributed by atoms with van der Waals surface area (Å²) in [6, 6.07) is 17.3. The molecule has 0 spiro atoms. The number of amides is 1. The van der Waals surface area contributed by atoms with E-state index in [2.05, 4.69) is 23.8 Å². The van der Waals surface area contributed by atoms with Crippen LogP contribution in [0.3, 0.4) is 0 Å². The van der Waals surface area contributed by atoms with Gasteiger partial charge in [0, 0.05) is 32.1 Å². The second-order valence-electron chi connectivity index (χ2n) is 8.96. The fourth-order valence-corrected chi connectivity index (χ4v) is 4.67. The lowest BCUT2D eigenvalue weighted by Crippen LogP contribution is -2.35. The Balaban J connectivity index is 1.49. The van der Waals surface area contributed by atoms with E-state index in [0.29, 0.717) is 30.2 Å². The number of carbonyl (C=O) groups excluding carboxylic acids is 1. The van der Waals surface area contributed by atoms with Crippen LogP contribution in [0, 0.1) is 0 Å². The molecule has 7 nitrogen and oxygen atoms in total. The Labute approximate surface area is 210 Å². The molecule has 0 saturated carbocycles. The maximum Gasteiger partial charge on any atom is 0.255 e. The van der Waals surface area contributed by atoms with Crippen molar-refractivity contribution in [2.24, 2.45) is 0 Å². The molecule has 0 bridgehead atoms. The van der Waals surface area contributed by atoms with E-state index < -0.39 is 0 Å². The molecule has 2 aromatic heterocycles. The summed E-state index contributed by atoms with van der Waals surface area (Å²) in [6.07, 6.45) is 3.65. The molecule has 3 heterocycles. The zero-order chi connectivity index (χ0) is 24.4. The fraction of sp³-hybridized carbons (Fsp3) is 0.333. The van der Waals surface area contributed by atoms with Crippen molar-refractivity contribution in [2.45, 2.75) is 32.6 Å². The van der Waals surface area contributed by atoms with E-state index in [9.17, 15) is 4.79 Å². The van der Waals surface area contributed by atoms with Gasteiger partial charge in [-0.3, -0.25) is 4.79 Å². The van der Waals surface area contributed by atoms with Gasteiger partial charge in [-0.25, -0.2) is 14.6 Å². The Hall–Kier alpha value is -3.45. The molecule has 8 heteroatoms. The third kappa shape index (κ3) is 4.60. The normalized spacial score (nSPS) is 15.3. The van der Waals surface area contributed by atoms with Crippen LogP contribution < -0.4 is 4.90 Å². The first-order valence-electron chi connectivity index (χ1n) is 12.2. The molecule has 0 unspecified atom stereocenters. The molecule has 1 atom stereocenters. The number of carbonyl (C=O) groups is 1. The van der Waals surface area contributed by atoms with Crippen LogP contribution >= 0.6 is 11.6 Å². The zero-order valence-electron chi connectivity index (χ0n) is 20.1. The summed E-state index contributed by atoms with van der Waals surface area (Å²) >= 11 is 6.30. The van der Waals surface area contributed by atoms with Gasteiger partial charge >= 0.3 is 0 Å². The molecule has 5 rings (SSSR count). The van der Waals surface area contributed by atoms with Crippen LogP contribution in [0.15, 0.2) is 60.8 Å². The molecule has 4 aromatic rings. The average Bonchev–Trinajstić information content (AvgIpc) is 3.17. The second kappa shape index (κ2) is 10.0. The van der Waals surface area contributed by atoms with Gasteiger partial charge in [-0.2, -0.15) is 5.10 Å². The number of para-hydroxylation sites is 1. The minimum atomic E-state index is -0.0255. The first-order valence-corrected chi connectivity index (χ1v) is 12.5. The lowest BCUT2D eigenvalue weighted by Gasteiger charge is -2.24. The molecule has 1 aliphatic rings. The van der Waals surface area contributed by atoms with E-state index in [0.717, 1.165) is 47.7 Å². The lowest BCUT2D eigenvalue weighted by molar-refractivity contribution is 0.0767. The summed E-state index contributed by atoms with van der Waals surface area (Å²) in [4.78, 5) is 27.3. The van der Waals surface area contributed by atoms with Gasteiger partial charge in [-0.1, -0.05) is 55.8 Å². The van der Waals surface area contributed by atoms with Crippen molar-refractivity contribution in [1.82, 2.24) is 24.6 Å². The number of nitrogens with zero attached hydrogens (tertiary/aromatic N) is 6. The molecular weight excluding hydrogens is 460 g/mol. The Morgan fingerprint density at radius 3 is 2.54 bits per heavy atom. The number of hydrogen-bond donors (Lipinski definition) is 0. The van der Waals surface area contributed by atoms with Gasteiger partial charge in [0.05, 0.1) is 27.9 Å². The van der Waals surface area contributed by atoms with E-state index in [1.54, 1.807) is 12.1 Å². The van der Waals surface area contributed by atoms with Crippen molar-refractivity contribution in [3.63, 3.8) is 0 Å². The highest BCUT2D eigenvalue weighted by Crippen LogP contribution is 2.29. The number of halogens is 1. The summed E-state index contributed by atoms with van der Waals surface area (Å²) in [6.45, 7) is 7.06. The number of fused-ring (bicyclic) bond motifs is 1. The monoisotopic (exact) mass is 488 g/mol. The van der Waals surface area contributed by atoms with Crippen LogP contribution in [0.5, 0.6) is 0 Å². The van der Waals surface area contributed by atoms with E-state index >= 15 is 0 Å². The van der Waals surface area contributed by atoms with Crippen molar-refractivity contribution in [2.75, 3.05) is 31.1 Å². The summed E-state index contributed by atoms with van der Waals surface area (Å²) in [5, 5.41) is 6.08. The Morgan fingerprint density at radius 1 is 1.00 bits per heavy atom. The maximum absolute atomic E-state index is 13.2. The molecule has 1 aliphatic heterocycles. The van der Waals surface area contributed by atoms with Gasteiger partial charge in [0.1, 0.15) is 11.6 Å². The molecule has 0 aliphatic carbocycles. The number of rotatable bonds is 5. The maximum atomic E-state index is 13.2. The van der Waals surface area contributed by atoms with E-state index in [1.807, 2.05) is 58.2 Å². The average molecular weight is 489 g/mol. The molecule has 0 N–H and O–H groups in total. The van der Waals surface area contributed by atoms with Crippen molar-refractivity contribution in [1.29, 1.82) is 0 Å². The number of hydrogen-bond acceptors (Lipinski definition) is 5. The molecule has 1 fully saturated rings. The predicted molar refractivity (Wildman–Crippen MR) is 140 cm³/mol. The lowest BCUT2D eigenvalue weighted by atomic mass is 10.1. The van der Waals surface area contributed by atoms with Crippen molar-refractivity contribution in [3.8, 4) is 5.69 Å².